The van der Waals surface area contributed by atoms with Gasteiger partial charge in [0.2, 0.25) is 5.88 Å². The van der Waals surface area contributed by atoms with Crippen molar-refractivity contribution in [3.63, 3.8) is 0 Å². The van der Waals surface area contributed by atoms with Gasteiger partial charge in [0.1, 0.15) is 11.1 Å². The predicted molar refractivity (Wildman–Crippen MR) is 160 cm³/mol. The number of aliphatic hydroxyl groups is 1. The molecule has 0 aliphatic heterocycles. The van der Waals surface area contributed by atoms with E-state index in [4.69, 9.17) is 4.98 Å². The number of hydrogen-bond donors (Lipinski definition) is 2. The molecule has 0 spiro atoms. The smallest absolute Gasteiger partial charge is 0.295 e. The van der Waals surface area contributed by atoms with Gasteiger partial charge in [0, 0.05) is 24.7 Å². The summed E-state index contributed by atoms with van der Waals surface area (Å²) in [5.41, 5.74) is 1.90. The van der Waals surface area contributed by atoms with Crippen LogP contribution in [0.15, 0.2) is 50.1 Å². The summed E-state index contributed by atoms with van der Waals surface area (Å²) in [6, 6.07) is 2.90. The lowest BCUT2D eigenvalue weighted by atomic mass is 10.1. The number of nitrogens with one attached hydrogen (secondary N) is 1. The number of pyridine rings is 1. The highest BCUT2D eigenvalue weighted by Crippen LogP contribution is 2.37. The van der Waals surface area contributed by atoms with Gasteiger partial charge < -0.3 is 10.4 Å². The van der Waals surface area contributed by atoms with E-state index in [1.807, 2.05) is 20.8 Å². The standard InChI is InChI=1S/C28H36N8O4S/c1-6-9-17(4)36-26-21(16-33-24(35-26)22(27(37)29-5)23(30-7-2)18-10-11-18)34-25(28(36)38)32-14-19-12-13-20(15-31-19)41(39,40)8-3/h12-13,15-18,37H,5-11,14H2,1-4H3,(H,32,34)/b27-22-,30-23-/t17-/m1/s1. The Morgan fingerprint density at radius 2 is 1.95 bits per heavy atom. The molecule has 0 unspecified atom stereocenters. The average Bonchev–Trinajstić information content (AvgIpc) is 3.81. The first-order valence-electron chi connectivity index (χ1n) is 13.8. The zero-order valence-electron chi connectivity index (χ0n) is 23.8. The SMILES string of the molecule is C=N/C(O)=C(\C(=N/CC)C1CC1)c1ncc2nc(NCc3ccc(S(=O)(=O)CC)cn3)c(=O)n([C@H](C)CCC)c2n1. The number of fused-ring (bicyclic) bond motifs is 1. The van der Waals surface area contributed by atoms with Crippen LogP contribution in [0.2, 0.25) is 0 Å². The van der Waals surface area contributed by atoms with Crippen LogP contribution in [0.5, 0.6) is 0 Å². The molecule has 12 nitrogen and oxygen atoms in total. The molecule has 0 radical (unpaired) electrons. The van der Waals surface area contributed by atoms with Crippen molar-refractivity contribution in [2.75, 3.05) is 17.6 Å². The number of allylic oxidation sites excluding steroid dienone is 1. The fourth-order valence-electron chi connectivity index (χ4n) is 4.58. The highest BCUT2D eigenvalue weighted by Gasteiger charge is 2.33. The molecule has 13 heteroatoms. The maximum Gasteiger partial charge on any atom is 0.295 e. The van der Waals surface area contributed by atoms with Crippen molar-refractivity contribution in [1.29, 1.82) is 0 Å². The van der Waals surface area contributed by atoms with Crippen molar-refractivity contribution in [2.24, 2.45) is 15.9 Å². The van der Waals surface area contributed by atoms with Crippen LogP contribution >= 0.6 is 0 Å². The number of hydrogen-bond acceptors (Lipinski definition) is 11. The van der Waals surface area contributed by atoms with Gasteiger partial charge in [-0.15, -0.1) is 0 Å². The van der Waals surface area contributed by atoms with E-state index in [0.717, 1.165) is 25.7 Å². The molecular formula is C28H36N8O4S. The largest absolute Gasteiger partial charge is 0.493 e. The van der Waals surface area contributed by atoms with Crippen molar-refractivity contribution in [2.45, 2.75) is 70.9 Å². The summed E-state index contributed by atoms with van der Waals surface area (Å²) < 4.78 is 25.8. The molecule has 218 valence electrons. The highest BCUT2D eigenvalue weighted by atomic mass is 32.2. The zero-order valence-corrected chi connectivity index (χ0v) is 24.6. The van der Waals surface area contributed by atoms with Gasteiger partial charge in [0.15, 0.2) is 27.1 Å². The van der Waals surface area contributed by atoms with E-state index in [2.05, 4.69) is 37.0 Å². The van der Waals surface area contributed by atoms with Crippen LogP contribution < -0.4 is 10.9 Å². The van der Waals surface area contributed by atoms with E-state index >= 15 is 0 Å². The number of sulfone groups is 1. The number of aliphatic hydroxyl groups excluding tert-OH is 1. The van der Waals surface area contributed by atoms with E-state index in [-0.39, 0.29) is 52.2 Å². The molecule has 1 aliphatic rings. The number of aromatic nitrogens is 5. The van der Waals surface area contributed by atoms with Gasteiger partial charge in [0.05, 0.1) is 34.8 Å². The van der Waals surface area contributed by atoms with E-state index in [9.17, 15) is 18.3 Å². The molecule has 3 aromatic heterocycles. The Kier molecular flexibility index (Phi) is 9.26. The molecule has 3 heterocycles. The fourth-order valence-corrected chi connectivity index (χ4v) is 5.40. The Morgan fingerprint density at radius 3 is 2.54 bits per heavy atom. The van der Waals surface area contributed by atoms with E-state index in [0.29, 0.717) is 34.7 Å². The summed E-state index contributed by atoms with van der Waals surface area (Å²) in [6.45, 7) is 11.6. The summed E-state index contributed by atoms with van der Waals surface area (Å²) in [4.78, 5) is 40.2. The van der Waals surface area contributed by atoms with Crippen molar-refractivity contribution in [3.05, 3.63) is 52.3 Å². The lowest BCUT2D eigenvalue weighted by molar-refractivity contribution is 0.411. The van der Waals surface area contributed by atoms with Crippen LogP contribution in [-0.4, -0.2) is 62.8 Å². The molecule has 1 aliphatic carbocycles. The van der Waals surface area contributed by atoms with E-state index < -0.39 is 9.84 Å². The second-order valence-corrected chi connectivity index (χ2v) is 12.2. The Morgan fingerprint density at radius 1 is 1.20 bits per heavy atom. The van der Waals surface area contributed by atoms with E-state index in [1.165, 1.54) is 18.5 Å². The Balaban J connectivity index is 1.77. The molecule has 4 rings (SSSR count). The van der Waals surface area contributed by atoms with Gasteiger partial charge in [-0.05, 0) is 52.0 Å². The maximum absolute atomic E-state index is 13.7. The molecule has 1 atom stereocenters. The molecule has 0 saturated heterocycles. The first-order chi connectivity index (χ1) is 19.6. The third kappa shape index (κ3) is 6.50. The number of rotatable bonds is 13. The lowest BCUT2D eigenvalue weighted by Crippen LogP contribution is -2.29. The Labute approximate surface area is 239 Å². The molecule has 0 bridgehead atoms. The number of aliphatic imine (C=N–C) groups is 2. The molecule has 1 fully saturated rings. The van der Waals surface area contributed by atoms with Gasteiger partial charge in [-0.3, -0.25) is 19.3 Å². The van der Waals surface area contributed by atoms with Crippen molar-refractivity contribution >= 4 is 44.8 Å². The van der Waals surface area contributed by atoms with Gasteiger partial charge in [-0.25, -0.2) is 28.4 Å². The van der Waals surface area contributed by atoms with Crippen molar-refractivity contribution in [3.8, 4) is 0 Å². The van der Waals surface area contributed by atoms with Crippen molar-refractivity contribution in [1.82, 2.24) is 24.5 Å². The van der Waals surface area contributed by atoms with Crippen LogP contribution in [0.4, 0.5) is 5.82 Å². The molecule has 0 aromatic carbocycles. The van der Waals surface area contributed by atoms with Crippen LogP contribution in [0.1, 0.15) is 70.9 Å². The predicted octanol–water partition coefficient (Wildman–Crippen LogP) is 4.15. The molecule has 2 N–H and O–H groups in total. The van der Waals surface area contributed by atoms with Crippen LogP contribution in [0, 0.1) is 5.92 Å². The number of anilines is 1. The molecule has 41 heavy (non-hydrogen) atoms. The zero-order chi connectivity index (χ0) is 29.7. The Hall–Kier alpha value is -4.00. The van der Waals surface area contributed by atoms with Gasteiger partial charge in [-0.2, -0.15) is 0 Å². The maximum atomic E-state index is 13.7. The third-order valence-electron chi connectivity index (χ3n) is 6.90. The quantitative estimate of drug-likeness (QED) is 0.223. The molecule has 0 amide bonds. The lowest BCUT2D eigenvalue weighted by Gasteiger charge is -2.19. The van der Waals surface area contributed by atoms with Gasteiger partial charge in [-0.1, -0.05) is 20.3 Å². The van der Waals surface area contributed by atoms with E-state index in [1.54, 1.807) is 17.6 Å². The summed E-state index contributed by atoms with van der Waals surface area (Å²) in [6.07, 6.45) is 6.29. The normalized spacial score (nSPS) is 15.5. The third-order valence-corrected chi connectivity index (χ3v) is 8.62. The fraction of sp³-hybridized carbons (Fsp3) is 0.464. The second kappa shape index (κ2) is 12.7. The summed E-state index contributed by atoms with van der Waals surface area (Å²) >= 11 is 0. The minimum atomic E-state index is -3.36. The summed E-state index contributed by atoms with van der Waals surface area (Å²) in [5.74, 6) is 0.161. The molecule has 1 saturated carbocycles. The topological polar surface area (TPSA) is 165 Å². The first-order valence-corrected chi connectivity index (χ1v) is 15.5. The minimum absolute atomic E-state index is 0.0130. The van der Waals surface area contributed by atoms with Gasteiger partial charge in [0.25, 0.3) is 5.56 Å². The first kappa shape index (κ1) is 30.0. The average molecular weight is 581 g/mol. The second-order valence-electron chi connectivity index (χ2n) is 9.91. The summed E-state index contributed by atoms with van der Waals surface area (Å²) in [7, 11) is -3.36. The monoisotopic (exact) mass is 580 g/mol. The van der Waals surface area contributed by atoms with Gasteiger partial charge >= 0.3 is 0 Å². The van der Waals surface area contributed by atoms with Crippen LogP contribution in [0.3, 0.4) is 0 Å². The Bertz CT molecular complexity index is 1660. The summed E-state index contributed by atoms with van der Waals surface area (Å²) in [5, 5.41) is 13.7. The molecular weight excluding hydrogens is 544 g/mol. The number of nitrogens with zero attached hydrogens (tertiary/aromatic N) is 7. The van der Waals surface area contributed by atoms with Crippen molar-refractivity contribution < 1.29 is 13.5 Å². The van der Waals surface area contributed by atoms with Crippen LogP contribution in [0.25, 0.3) is 16.7 Å². The minimum Gasteiger partial charge on any atom is -0.493 e. The molecule has 3 aromatic rings. The van der Waals surface area contributed by atoms with Crippen LogP contribution in [-0.2, 0) is 16.4 Å². The highest BCUT2D eigenvalue weighted by molar-refractivity contribution is 7.91.